The topological polar surface area (TPSA) is 48.8 Å². The molecule has 9 heteroatoms. The van der Waals surface area contributed by atoms with Gasteiger partial charge in [-0.1, -0.05) is 23.5 Å². The number of rotatable bonds is 2. The predicted molar refractivity (Wildman–Crippen MR) is 94.1 cm³/mol. The Labute approximate surface area is 151 Å². The summed E-state index contributed by atoms with van der Waals surface area (Å²) in [5.74, 6) is -0.777. The third kappa shape index (κ3) is 2.76. The molecule has 26 heavy (non-hydrogen) atoms. The molecule has 0 aliphatic carbocycles. The minimum absolute atomic E-state index is 0.141. The minimum atomic E-state index is -4.71. The number of nitrogens with zero attached hydrogens (tertiary/aromatic N) is 4. The molecule has 0 unspecified atom stereocenters. The number of hydrazone groups is 1. The summed E-state index contributed by atoms with van der Waals surface area (Å²) in [6.45, 7) is 2.85. The van der Waals surface area contributed by atoms with Crippen molar-refractivity contribution in [1.29, 1.82) is 0 Å². The van der Waals surface area contributed by atoms with Crippen molar-refractivity contribution in [3.05, 3.63) is 35.5 Å². The van der Waals surface area contributed by atoms with Crippen LogP contribution in [-0.4, -0.2) is 40.8 Å². The van der Waals surface area contributed by atoms with Gasteiger partial charge in [-0.3, -0.25) is 4.79 Å². The van der Waals surface area contributed by atoms with Crippen molar-refractivity contribution in [2.45, 2.75) is 25.9 Å². The summed E-state index contributed by atoms with van der Waals surface area (Å²) in [5, 5.41) is 4.54. The van der Waals surface area contributed by atoms with Crippen molar-refractivity contribution in [3.8, 4) is 0 Å². The second kappa shape index (κ2) is 6.08. The lowest BCUT2D eigenvalue weighted by Crippen LogP contribution is -2.30. The van der Waals surface area contributed by atoms with Crippen molar-refractivity contribution in [3.63, 3.8) is 0 Å². The molecule has 2 aliphatic rings. The number of likely N-dealkylation sites (tertiary alicyclic amines) is 1. The van der Waals surface area contributed by atoms with Crippen LogP contribution in [0.1, 0.15) is 19.8 Å². The number of carbonyl (C=O) groups excluding carboxylic acids is 1. The van der Waals surface area contributed by atoms with E-state index < -0.39 is 17.8 Å². The maximum Gasteiger partial charge on any atom is 0.436 e. The Balaban J connectivity index is 1.81. The molecule has 2 aromatic rings. The highest BCUT2D eigenvalue weighted by Gasteiger charge is 2.49. The molecule has 5 nitrogen and oxygen atoms in total. The van der Waals surface area contributed by atoms with Gasteiger partial charge in [0.2, 0.25) is 5.13 Å². The van der Waals surface area contributed by atoms with Crippen LogP contribution < -0.4 is 5.01 Å². The normalized spacial score (nSPS) is 20.3. The standard InChI is InChI=1S/C17H15F3N4OS/c1-10(23-8-4-5-9-23)13-14(17(18,19)20)22-24(15(13)25)16-21-11-6-2-3-7-12(11)26-16/h2-3,6-7H,4-5,8-9H2,1H3/b13-10+. The highest BCUT2D eigenvalue weighted by Crippen LogP contribution is 2.37. The third-order valence-corrected chi connectivity index (χ3v) is 5.53. The SMILES string of the molecule is C/C(=C1\C(=O)N(c2nc3ccccc3s2)N=C1C(F)(F)F)N1CCCC1. The van der Waals surface area contributed by atoms with E-state index in [1.165, 1.54) is 0 Å². The summed E-state index contributed by atoms with van der Waals surface area (Å²) in [4.78, 5) is 18.9. The van der Waals surface area contributed by atoms with Crippen molar-refractivity contribution in [2.75, 3.05) is 18.1 Å². The van der Waals surface area contributed by atoms with Gasteiger partial charge >= 0.3 is 6.18 Å². The van der Waals surface area contributed by atoms with Crippen LogP contribution in [0.5, 0.6) is 0 Å². The number of halogens is 3. The fraction of sp³-hybridized carbons (Fsp3) is 0.353. The number of fused-ring (bicyclic) bond motifs is 1. The maximum atomic E-state index is 13.5. The first kappa shape index (κ1) is 17.0. The van der Waals surface area contributed by atoms with Gasteiger partial charge in [0.05, 0.1) is 15.8 Å². The van der Waals surface area contributed by atoms with Gasteiger partial charge in [-0.2, -0.15) is 23.3 Å². The molecular formula is C17H15F3N4OS. The molecule has 1 aromatic heterocycles. The van der Waals surface area contributed by atoms with Gasteiger partial charge in [0, 0.05) is 18.8 Å². The Hall–Kier alpha value is -2.42. The molecular weight excluding hydrogens is 365 g/mol. The van der Waals surface area contributed by atoms with E-state index in [2.05, 4.69) is 10.1 Å². The van der Waals surface area contributed by atoms with E-state index in [9.17, 15) is 18.0 Å². The second-order valence-corrected chi connectivity index (χ2v) is 7.19. The van der Waals surface area contributed by atoms with E-state index in [1.807, 2.05) is 11.0 Å². The number of anilines is 1. The lowest BCUT2D eigenvalue weighted by Gasteiger charge is -2.21. The Kier molecular flexibility index (Phi) is 3.98. The van der Waals surface area contributed by atoms with Gasteiger partial charge in [-0.25, -0.2) is 4.98 Å². The van der Waals surface area contributed by atoms with Gasteiger partial charge < -0.3 is 4.90 Å². The van der Waals surface area contributed by atoms with E-state index in [4.69, 9.17) is 0 Å². The molecule has 0 N–H and O–H groups in total. The third-order valence-electron chi connectivity index (χ3n) is 4.52. The molecule has 3 heterocycles. The Morgan fingerprint density at radius 3 is 2.54 bits per heavy atom. The highest BCUT2D eigenvalue weighted by atomic mass is 32.1. The molecule has 0 spiro atoms. The van der Waals surface area contributed by atoms with Gasteiger partial charge in [0.15, 0.2) is 5.71 Å². The van der Waals surface area contributed by atoms with Crippen LogP contribution in [0.3, 0.4) is 0 Å². The number of aromatic nitrogens is 1. The van der Waals surface area contributed by atoms with E-state index in [0.29, 0.717) is 24.3 Å². The average molecular weight is 380 g/mol. The number of hydrogen-bond donors (Lipinski definition) is 0. The molecule has 136 valence electrons. The second-order valence-electron chi connectivity index (χ2n) is 6.18. The van der Waals surface area contributed by atoms with Crippen LogP contribution in [-0.2, 0) is 4.79 Å². The molecule has 4 rings (SSSR count). The summed E-state index contributed by atoms with van der Waals surface area (Å²) >= 11 is 1.14. The van der Waals surface area contributed by atoms with Crippen LogP contribution in [0.2, 0.25) is 0 Å². The monoisotopic (exact) mass is 380 g/mol. The van der Waals surface area contributed by atoms with Crippen LogP contribution >= 0.6 is 11.3 Å². The van der Waals surface area contributed by atoms with Crippen molar-refractivity contribution < 1.29 is 18.0 Å². The van der Waals surface area contributed by atoms with Crippen LogP contribution in [0.4, 0.5) is 18.3 Å². The fourth-order valence-electron chi connectivity index (χ4n) is 3.22. The lowest BCUT2D eigenvalue weighted by atomic mass is 10.1. The van der Waals surface area contributed by atoms with Crippen molar-refractivity contribution >= 4 is 38.3 Å². The number of carbonyl (C=O) groups is 1. The van der Waals surface area contributed by atoms with E-state index in [-0.39, 0.29) is 10.7 Å². The summed E-state index contributed by atoms with van der Waals surface area (Å²) in [6.07, 6.45) is -2.91. The molecule has 0 bridgehead atoms. The quantitative estimate of drug-likeness (QED) is 0.742. The summed E-state index contributed by atoms with van der Waals surface area (Å²) in [5.41, 5.74) is -0.574. The van der Waals surface area contributed by atoms with Gasteiger partial charge in [-0.05, 0) is 31.9 Å². The number of alkyl halides is 3. The zero-order chi connectivity index (χ0) is 18.5. The van der Waals surface area contributed by atoms with Crippen molar-refractivity contribution in [1.82, 2.24) is 9.88 Å². The van der Waals surface area contributed by atoms with E-state index in [0.717, 1.165) is 33.9 Å². The summed E-state index contributed by atoms with van der Waals surface area (Å²) in [7, 11) is 0. The molecule has 0 saturated carbocycles. The fourth-order valence-corrected chi connectivity index (χ4v) is 4.13. The number of para-hydroxylation sites is 1. The first-order valence-electron chi connectivity index (χ1n) is 8.18. The zero-order valence-corrected chi connectivity index (χ0v) is 14.7. The molecule has 1 amide bonds. The number of allylic oxidation sites excluding steroid dienone is 1. The van der Waals surface area contributed by atoms with E-state index in [1.54, 1.807) is 25.1 Å². The zero-order valence-electron chi connectivity index (χ0n) is 13.9. The Bertz CT molecular complexity index is 908. The number of amides is 1. The maximum absolute atomic E-state index is 13.5. The largest absolute Gasteiger partial charge is 0.436 e. The number of hydrogen-bond acceptors (Lipinski definition) is 5. The molecule has 0 atom stereocenters. The summed E-state index contributed by atoms with van der Waals surface area (Å²) < 4.78 is 41.4. The predicted octanol–water partition coefficient (Wildman–Crippen LogP) is 3.93. The van der Waals surface area contributed by atoms with Crippen molar-refractivity contribution in [2.24, 2.45) is 5.10 Å². The smallest absolute Gasteiger partial charge is 0.374 e. The van der Waals surface area contributed by atoms with Crippen LogP contribution in [0.25, 0.3) is 10.2 Å². The molecule has 2 aliphatic heterocycles. The lowest BCUT2D eigenvalue weighted by molar-refractivity contribution is -0.114. The Morgan fingerprint density at radius 1 is 1.19 bits per heavy atom. The molecule has 0 radical (unpaired) electrons. The van der Waals surface area contributed by atoms with Gasteiger partial charge in [0.1, 0.15) is 0 Å². The highest BCUT2D eigenvalue weighted by molar-refractivity contribution is 7.22. The first-order chi connectivity index (χ1) is 12.4. The molecule has 1 fully saturated rings. The molecule has 1 saturated heterocycles. The summed E-state index contributed by atoms with van der Waals surface area (Å²) in [6, 6.07) is 7.14. The Morgan fingerprint density at radius 2 is 1.88 bits per heavy atom. The average Bonchev–Trinajstić information content (AvgIpc) is 3.31. The van der Waals surface area contributed by atoms with E-state index >= 15 is 0 Å². The molecule has 1 aromatic carbocycles. The van der Waals surface area contributed by atoms with Crippen LogP contribution in [0.15, 0.2) is 40.6 Å². The number of benzene rings is 1. The number of thiazole rings is 1. The van der Waals surface area contributed by atoms with Gasteiger partial charge in [-0.15, -0.1) is 0 Å². The van der Waals surface area contributed by atoms with Crippen LogP contribution in [0, 0.1) is 0 Å². The minimum Gasteiger partial charge on any atom is -0.374 e. The van der Waals surface area contributed by atoms with Gasteiger partial charge in [0.25, 0.3) is 5.91 Å². The first-order valence-corrected chi connectivity index (χ1v) is 9.00.